The van der Waals surface area contributed by atoms with E-state index in [1.54, 1.807) is 6.07 Å². The van der Waals surface area contributed by atoms with Gasteiger partial charge in [0.2, 0.25) is 0 Å². The van der Waals surface area contributed by atoms with E-state index in [4.69, 9.17) is 0 Å². The maximum atomic E-state index is 12.5. The summed E-state index contributed by atoms with van der Waals surface area (Å²) in [7, 11) is 0. The topological polar surface area (TPSA) is 49.4 Å². The average Bonchev–Trinajstić information content (AvgIpc) is 2.67. The van der Waals surface area contributed by atoms with Gasteiger partial charge < -0.3 is 10.2 Å². The number of likely N-dealkylation sites (tertiary alicyclic amines) is 1. The van der Waals surface area contributed by atoms with Crippen LogP contribution in [0.4, 0.5) is 0 Å². The van der Waals surface area contributed by atoms with Crippen molar-refractivity contribution in [2.75, 3.05) is 13.1 Å². The summed E-state index contributed by atoms with van der Waals surface area (Å²) in [4.78, 5) is 26.6. The number of nitrogens with one attached hydrogen (secondary N) is 1. The Morgan fingerprint density at radius 2 is 1.64 bits per heavy atom. The van der Waals surface area contributed by atoms with Crippen molar-refractivity contribution in [2.24, 2.45) is 0 Å². The first-order valence-corrected chi connectivity index (χ1v) is 9.35. The van der Waals surface area contributed by atoms with Gasteiger partial charge in [0.1, 0.15) is 0 Å². The van der Waals surface area contributed by atoms with Gasteiger partial charge in [0.05, 0.1) is 5.56 Å². The van der Waals surface area contributed by atoms with E-state index in [1.807, 2.05) is 47.4 Å². The summed E-state index contributed by atoms with van der Waals surface area (Å²) in [6.45, 7) is 2.13. The van der Waals surface area contributed by atoms with E-state index in [2.05, 4.69) is 21.2 Å². The van der Waals surface area contributed by atoms with Crippen molar-refractivity contribution in [3.63, 3.8) is 0 Å². The molecule has 2 aromatic carbocycles. The number of piperidine rings is 1. The number of amides is 2. The first-order chi connectivity index (χ1) is 12.1. The minimum Gasteiger partial charge on any atom is -0.348 e. The predicted octanol–water partition coefficient (Wildman–Crippen LogP) is 4.01. The van der Waals surface area contributed by atoms with Gasteiger partial charge >= 0.3 is 0 Å². The Morgan fingerprint density at radius 1 is 0.960 bits per heavy atom. The molecular formula is C20H21BrN2O2. The molecule has 130 valence electrons. The minimum absolute atomic E-state index is 0.100. The van der Waals surface area contributed by atoms with E-state index in [1.165, 1.54) is 6.42 Å². The van der Waals surface area contributed by atoms with E-state index in [0.29, 0.717) is 17.7 Å². The van der Waals surface area contributed by atoms with Gasteiger partial charge in [-0.25, -0.2) is 0 Å². The van der Waals surface area contributed by atoms with Crippen molar-refractivity contribution in [2.45, 2.75) is 25.8 Å². The van der Waals surface area contributed by atoms with Crippen LogP contribution >= 0.6 is 15.9 Å². The number of carbonyl (C=O) groups excluding carboxylic acids is 2. The van der Waals surface area contributed by atoms with Crippen molar-refractivity contribution in [1.29, 1.82) is 0 Å². The lowest BCUT2D eigenvalue weighted by atomic mass is 10.1. The Bertz CT molecular complexity index is 753. The molecule has 0 unspecified atom stereocenters. The van der Waals surface area contributed by atoms with Crippen LogP contribution in [0, 0.1) is 0 Å². The molecule has 3 rings (SSSR count). The van der Waals surface area contributed by atoms with Crippen molar-refractivity contribution < 1.29 is 9.59 Å². The maximum absolute atomic E-state index is 12.5. The Hall–Kier alpha value is -2.14. The lowest BCUT2D eigenvalue weighted by Crippen LogP contribution is -2.35. The van der Waals surface area contributed by atoms with Gasteiger partial charge in [-0.2, -0.15) is 0 Å². The summed E-state index contributed by atoms with van der Waals surface area (Å²) in [5, 5.41) is 2.90. The third kappa shape index (κ3) is 4.48. The monoisotopic (exact) mass is 400 g/mol. The molecule has 1 aliphatic heterocycles. The smallest absolute Gasteiger partial charge is 0.253 e. The van der Waals surface area contributed by atoms with E-state index in [9.17, 15) is 9.59 Å². The zero-order valence-corrected chi connectivity index (χ0v) is 15.6. The van der Waals surface area contributed by atoms with Gasteiger partial charge in [0.25, 0.3) is 11.8 Å². The van der Waals surface area contributed by atoms with Gasteiger partial charge in [-0.15, -0.1) is 0 Å². The van der Waals surface area contributed by atoms with Crippen molar-refractivity contribution >= 4 is 27.7 Å². The quantitative estimate of drug-likeness (QED) is 0.842. The number of carbonyl (C=O) groups is 2. The molecule has 0 aliphatic carbocycles. The highest BCUT2D eigenvalue weighted by Crippen LogP contribution is 2.16. The van der Waals surface area contributed by atoms with Gasteiger partial charge in [-0.05, 0) is 65.0 Å². The second-order valence-corrected chi connectivity index (χ2v) is 7.07. The molecule has 0 atom stereocenters. The van der Waals surface area contributed by atoms with Gasteiger partial charge in [-0.1, -0.05) is 24.3 Å². The van der Waals surface area contributed by atoms with Crippen LogP contribution in [-0.4, -0.2) is 29.8 Å². The SMILES string of the molecule is O=C(NCc1ccc(C(=O)N2CCCCC2)cc1)c1ccccc1Br. The van der Waals surface area contributed by atoms with Crippen molar-refractivity contribution in [3.05, 3.63) is 69.7 Å². The Morgan fingerprint density at radius 3 is 2.32 bits per heavy atom. The lowest BCUT2D eigenvalue weighted by molar-refractivity contribution is 0.0724. The Labute approximate surface area is 156 Å². The highest BCUT2D eigenvalue weighted by atomic mass is 79.9. The number of rotatable bonds is 4. The summed E-state index contributed by atoms with van der Waals surface area (Å²) >= 11 is 3.38. The largest absolute Gasteiger partial charge is 0.348 e. The summed E-state index contributed by atoms with van der Waals surface area (Å²) < 4.78 is 0.773. The number of halogens is 1. The van der Waals surface area contributed by atoms with Crippen molar-refractivity contribution in [1.82, 2.24) is 10.2 Å². The summed E-state index contributed by atoms with van der Waals surface area (Å²) in [6.07, 6.45) is 3.38. The molecule has 0 saturated carbocycles. The molecular weight excluding hydrogens is 380 g/mol. The molecule has 25 heavy (non-hydrogen) atoms. The van der Waals surface area contributed by atoms with Gasteiger partial charge in [0.15, 0.2) is 0 Å². The van der Waals surface area contributed by atoms with Crippen LogP contribution in [-0.2, 0) is 6.54 Å². The number of hydrogen-bond donors (Lipinski definition) is 1. The third-order valence-electron chi connectivity index (χ3n) is 4.42. The van der Waals surface area contributed by atoms with Crippen LogP contribution < -0.4 is 5.32 Å². The molecule has 0 radical (unpaired) electrons. The molecule has 2 aromatic rings. The molecule has 1 saturated heterocycles. The zero-order valence-electron chi connectivity index (χ0n) is 14.0. The second-order valence-electron chi connectivity index (χ2n) is 6.21. The van der Waals surface area contributed by atoms with Gasteiger partial charge in [0, 0.05) is 29.7 Å². The minimum atomic E-state index is -0.124. The fraction of sp³-hybridized carbons (Fsp3) is 0.300. The zero-order chi connectivity index (χ0) is 17.6. The fourth-order valence-corrected chi connectivity index (χ4v) is 3.43. The van der Waals surface area contributed by atoms with Crippen LogP contribution in [0.5, 0.6) is 0 Å². The highest BCUT2D eigenvalue weighted by Gasteiger charge is 2.17. The van der Waals surface area contributed by atoms with Crippen LogP contribution in [0.2, 0.25) is 0 Å². The maximum Gasteiger partial charge on any atom is 0.253 e. The normalized spacial score (nSPS) is 14.2. The van der Waals surface area contributed by atoms with E-state index in [0.717, 1.165) is 36.0 Å². The molecule has 0 aromatic heterocycles. The summed E-state index contributed by atoms with van der Waals surface area (Å²) in [6, 6.07) is 14.8. The third-order valence-corrected chi connectivity index (χ3v) is 5.11. The number of nitrogens with zero attached hydrogens (tertiary/aromatic N) is 1. The molecule has 1 N–H and O–H groups in total. The first-order valence-electron chi connectivity index (χ1n) is 8.56. The van der Waals surface area contributed by atoms with E-state index >= 15 is 0 Å². The molecule has 5 heteroatoms. The number of benzene rings is 2. The molecule has 0 spiro atoms. The van der Waals surface area contributed by atoms with Crippen LogP contribution in [0.25, 0.3) is 0 Å². The van der Waals surface area contributed by atoms with E-state index in [-0.39, 0.29) is 11.8 Å². The molecule has 1 heterocycles. The number of hydrogen-bond acceptors (Lipinski definition) is 2. The average molecular weight is 401 g/mol. The summed E-state index contributed by atoms with van der Waals surface area (Å²) in [5.74, 6) is -0.0237. The second kappa shape index (κ2) is 8.30. The lowest BCUT2D eigenvalue weighted by Gasteiger charge is -2.26. The van der Waals surface area contributed by atoms with Crippen LogP contribution in [0.3, 0.4) is 0 Å². The standard InChI is InChI=1S/C20H21BrN2O2/c21-18-7-3-2-6-17(18)19(24)22-14-15-8-10-16(11-9-15)20(25)23-12-4-1-5-13-23/h2-3,6-11H,1,4-5,12-14H2,(H,22,24). The van der Waals surface area contributed by atoms with Crippen LogP contribution in [0.15, 0.2) is 53.0 Å². The Kier molecular flexibility index (Phi) is 5.87. The molecule has 0 bridgehead atoms. The highest BCUT2D eigenvalue weighted by molar-refractivity contribution is 9.10. The van der Waals surface area contributed by atoms with Gasteiger partial charge in [-0.3, -0.25) is 9.59 Å². The van der Waals surface area contributed by atoms with E-state index < -0.39 is 0 Å². The summed E-state index contributed by atoms with van der Waals surface area (Å²) in [5.41, 5.74) is 2.29. The molecule has 4 nitrogen and oxygen atoms in total. The predicted molar refractivity (Wildman–Crippen MR) is 102 cm³/mol. The first kappa shape index (κ1) is 17.7. The Balaban J connectivity index is 1.58. The molecule has 1 aliphatic rings. The van der Waals surface area contributed by atoms with Crippen LogP contribution in [0.1, 0.15) is 45.5 Å². The molecule has 1 fully saturated rings. The van der Waals surface area contributed by atoms with Crippen molar-refractivity contribution in [3.8, 4) is 0 Å². The molecule has 2 amide bonds. The fourth-order valence-electron chi connectivity index (χ4n) is 2.97.